The molecule has 2 fully saturated rings. The smallest absolute Gasteiger partial charge is 0.168 e. The van der Waals surface area contributed by atoms with E-state index >= 15 is 0 Å². The molecule has 1 spiro atoms. The van der Waals surface area contributed by atoms with Crippen molar-refractivity contribution in [2.45, 2.75) is 91.5 Å². The molecule has 3 nitrogen and oxygen atoms in total. The summed E-state index contributed by atoms with van der Waals surface area (Å²) >= 11 is 0. The van der Waals surface area contributed by atoms with Gasteiger partial charge in [0.1, 0.15) is 0 Å². The predicted molar refractivity (Wildman–Crippen MR) is 96.6 cm³/mol. The topological polar surface area (TPSA) is 21.7 Å². The summed E-state index contributed by atoms with van der Waals surface area (Å²) in [5.74, 6) is 0.585. The first-order chi connectivity index (χ1) is 10.9. The Balaban J connectivity index is 1.78. The van der Waals surface area contributed by atoms with Gasteiger partial charge in [-0.15, -0.1) is 0 Å². The minimum Gasteiger partial charge on any atom is -0.347 e. The van der Waals surface area contributed by atoms with Gasteiger partial charge in [0.2, 0.25) is 0 Å². The highest BCUT2D eigenvalue weighted by molar-refractivity contribution is 4.90. The van der Waals surface area contributed by atoms with Gasteiger partial charge < -0.3 is 14.4 Å². The van der Waals surface area contributed by atoms with Crippen LogP contribution in [-0.4, -0.2) is 43.0 Å². The number of ether oxygens (including phenoxy) is 2. The zero-order valence-corrected chi connectivity index (χ0v) is 16.2. The first-order valence-corrected chi connectivity index (χ1v) is 9.98. The Morgan fingerprint density at radius 3 is 2.30 bits per heavy atom. The molecule has 1 saturated heterocycles. The molecule has 0 aromatic rings. The van der Waals surface area contributed by atoms with E-state index in [-0.39, 0.29) is 5.79 Å². The van der Waals surface area contributed by atoms with E-state index in [2.05, 4.69) is 39.5 Å². The van der Waals surface area contributed by atoms with Gasteiger partial charge in [-0.25, -0.2) is 0 Å². The van der Waals surface area contributed by atoms with E-state index in [0.717, 1.165) is 51.4 Å². The lowest BCUT2D eigenvalue weighted by atomic mass is 9.68. The quantitative estimate of drug-likeness (QED) is 0.637. The van der Waals surface area contributed by atoms with Gasteiger partial charge in [0.15, 0.2) is 5.79 Å². The highest BCUT2D eigenvalue weighted by Crippen LogP contribution is 2.47. The van der Waals surface area contributed by atoms with Crippen molar-refractivity contribution in [3.8, 4) is 0 Å². The van der Waals surface area contributed by atoms with E-state index < -0.39 is 0 Å². The fourth-order valence-corrected chi connectivity index (χ4v) is 4.58. The van der Waals surface area contributed by atoms with Crippen molar-refractivity contribution in [3.05, 3.63) is 0 Å². The molecular formula is C20H39NO2. The number of rotatable bonds is 8. The summed E-state index contributed by atoms with van der Waals surface area (Å²) in [6.45, 7) is 15.8. The summed E-state index contributed by atoms with van der Waals surface area (Å²) in [4.78, 5) is 2.47. The van der Waals surface area contributed by atoms with Gasteiger partial charge in [0.05, 0.1) is 12.7 Å². The van der Waals surface area contributed by atoms with Crippen molar-refractivity contribution in [1.29, 1.82) is 0 Å². The molecule has 0 N–H and O–H groups in total. The van der Waals surface area contributed by atoms with Crippen LogP contribution in [0.3, 0.4) is 0 Å². The Kier molecular flexibility index (Phi) is 6.94. The largest absolute Gasteiger partial charge is 0.347 e. The SMILES string of the molecule is CCCC(C)(C)C1CCC2(CC1)OCC(CCN(CC)CC)O2. The van der Waals surface area contributed by atoms with Gasteiger partial charge in [-0.1, -0.05) is 41.0 Å². The average molecular weight is 326 g/mol. The summed E-state index contributed by atoms with van der Waals surface area (Å²) in [5, 5.41) is 0. The second kappa shape index (κ2) is 8.31. The second-order valence-electron chi connectivity index (χ2n) is 8.29. The number of hydrogen-bond donors (Lipinski definition) is 0. The molecule has 0 bridgehead atoms. The molecule has 1 heterocycles. The molecule has 0 aromatic heterocycles. The molecule has 3 heteroatoms. The minimum atomic E-state index is -0.243. The molecule has 1 aliphatic heterocycles. The molecule has 1 saturated carbocycles. The van der Waals surface area contributed by atoms with Crippen molar-refractivity contribution >= 4 is 0 Å². The van der Waals surface area contributed by atoms with Crippen LogP contribution < -0.4 is 0 Å². The maximum absolute atomic E-state index is 6.40. The van der Waals surface area contributed by atoms with Gasteiger partial charge >= 0.3 is 0 Å². The maximum Gasteiger partial charge on any atom is 0.168 e. The van der Waals surface area contributed by atoms with Crippen molar-refractivity contribution < 1.29 is 9.47 Å². The van der Waals surface area contributed by atoms with Crippen LogP contribution in [0.2, 0.25) is 0 Å². The summed E-state index contributed by atoms with van der Waals surface area (Å²) in [5.41, 5.74) is 0.469. The molecule has 23 heavy (non-hydrogen) atoms. The molecule has 2 aliphatic rings. The Hall–Kier alpha value is -0.120. The first-order valence-electron chi connectivity index (χ1n) is 9.98. The monoisotopic (exact) mass is 325 g/mol. The van der Waals surface area contributed by atoms with Crippen molar-refractivity contribution in [2.75, 3.05) is 26.2 Å². The van der Waals surface area contributed by atoms with Crippen LogP contribution in [0, 0.1) is 11.3 Å². The molecule has 0 radical (unpaired) electrons. The molecule has 0 aromatic carbocycles. The summed E-state index contributed by atoms with van der Waals surface area (Å²) in [7, 11) is 0. The number of hydrogen-bond acceptors (Lipinski definition) is 3. The lowest BCUT2D eigenvalue weighted by Crippen LogP contribution is -2.39. The normalized spacial score (nSPS) is 32.1. The van der Waals surface area contributed by atoms with Gasteiger partial charge in [-0.3, -0.25) is 0 Å². The van der Waals surface area contributed by atoms with Crippen LogP contribution in [0.25, 0.3) is 0 Å². The number of nitrogens with zero attached hydrogens (tertiary/aromatic N) is 1. The van der Waals surface area contributed by atoms with E-state index in [1.165, 1.54) is 25.7 Å². The zero-order valence-electron chi connectivity index (χ0n) is 16.2. The minimum absolute atomic E-state index is 0.243. The molecule has 1 atom stereocenters. The van der Waals surface area contributed by atoms with E-state index in [1.54, 1.807) is 0 Å². The van der Waals surface area contributed by atoms with Crippen LogP contribution in [0.5, 0.6) is 0 Å². The fraction of sp³-hybridized carbons (Fsp3) is 1.00. The fourth-order valence-electron chi connectivity index (χ4n) is 4.58. The second-order valence-corrected chi connectivity index (χ2v) is 8.29. The predicted octanol–water partition coefficient (Wildman–Crippen LogP) is 4.85. The summed E-state index contributed by atoms with van der Waals surface area (Å²) < 4.78 is 12.6. The van der Waals surface area contributed by atoms with E-state index in [0.29, 0.717) is 11.5 Å². The van der Waals surface area contributed by atoms with Gasteiger partial charge in [-0.2, -0.15) is 0 Å². The van der Waals surface area contributed by atoms with Crippen molar-refractivity contribution in [1.82, 2.24) is 4.90 Å². The molecule has 1 unspecified atom stereocenters. The molecular weight excluding hydrogens is 286 g/mol. The molecule has 2 rings (SSSR count). The highest BCUT2D eigenvalue weighted by Gasteiger charge is 2.46. The Morgan fingerprint density at radius 2 is 1.74 bits per heavy atom. The highest BCUT2D eigenvalue weighted by atomic mass is 16.7. The molecule has 1 aliphatic carbocycles. The zero-order chi connectivity index (χ0) is 16.9. The van der Waals surface area contributed by atoms with E-state index in [1.807, 2.05) is 0 Å². The maximum atomic E-state index is 6.40. The molecule has 136 valence electrons. The summed E-state index contributed by atoms with van der Waals surface area (Å²) in [6.07, 6.45) is 8.73. The van der Waals surface area contributed by atoms with Crippen molar-refractivity contribution in [2.24, 2.45) is 11.3 Å². The first kappa shape index (κ1) is 19.2. The molecule has 0 amide bonds. The van der Waals surface area contributed by atoms with Crippen LogP contribution in [0.1, 0.15) is 79.6 Å². The van der Waals surface area contributed by atoms with Crippen LogP contribution >= 0.6 is 0 Å². The van der Waals surface area contributed by atoms with Crippen LogP contribution in [0.4, 0.5) is 0 Å². The van der Waals surface area contributed by atoms with E-state index in [4.69, 9.17) is 9.47 Å². The lowest BCUT2D eigenvalue weighted by Gasteiger charge is -2.42. The van der Waals surface area contributed by atoms with Gasteiger partial charge in [0.25, 0.3) is 0 Å². The Bertz CT molecular complexity index is 344. The third-order valence-electron chi connectivity index (χ3n) is 6.32. The van der Waals surface area contributed by atoms with Crippen LogP contribution in [-0.2, 0) is 9.47 Å². The Morgan fingerprint density at radius 1 is 1.09 bits per heavy atom. The standard InChI is InChI=1S/C20H39NO2/c1-6-12-19(4,5)17-9-13-20(14-10-17)22-16-18(23-20)11-15-21(7-2)8-3/h17-18H,6-16H2,1-5H3. The average Bonchev–Trinajstić information content (AvgIpc) is 2.91. The third kappa shape index (κ3) is 4.93. The van der Waals surface area contributed by atoms with Crippen molar-refractivity contribution in [3.63, 3.8) is 0 Å². The van der Waals surface area contributed by atoms with Gasteiger partial charge in [0, 0.05) is 19.4 Å². The van der Waals surface area contributed by atoms with Crippen LogP contribution in [0.15, 0.2) is 0 Å². The van der Waals surface area contributed by atoms with E-state index in [9.17, 15) is 0 Å². The summed E-state index contributed by atoms with van der Waals surface area (Å²) in [6, 6.07) is 0. The Labute approximate surface area is 144 Å². The van der Waals surface area contributed by atoms with Gasteiger partial charge in [-0.05, 0) is 50.1 Å². The third-order valence-corrected chi connectivity index (χ3v) is 6.32. The lowest BCUT2D eigenvalue weighted by molar-refractivity contribution is -0.197.